The fourth-order valence-electron chi connectivity index (χ4n) is 5.24. The van der Waals surface area contributed by atoms with Crippen molar-refractivity contribution in [2.24, 2.45) is 17.8 Å². The van der Waals surface area contributed by atoms with E-state index in [1.54, 1.807) is 0 Å². The van der Waals surface area contributed by atoms with E-state index in [0.29, 0.717) is 17.8 Å². The lowest BCUT2D eigenvalue weighted by atomic mass is 9.53. The summed E-state index contributed by atoms with van der Waals surface area (Å²) in [7, 11) is -5.64. The SMILES string of the molecule is O=C(NC12CC3CC(CC(C3)C1)C2)OCCCCC(F)(F)S(=O)(=O)[O-]. The van der Waals surface area contributed by atoms with E-state index in [4.69, 9.17) is 4.74 Å². The summed E-state index contributed by atoms with van der Waals surface area (Å²) in [5, 5.41) is -1.27. The Morgan fingerprint density at radius 3 is 2.12 bits per heavy atom. The van der Waals surface area contributed by atoms with Crippen molar-refractivity contribution in [3.63, 3.8) is 0 Å². The van der Waals surface area contributed by atoms with E-state index in [-0.39, 0.29) is 25.0 Å². The van der Waals surface area contributed by atoms with E-state index < -0.39 is 27.9 Å². The molecular formula is C16H24F2NO5S-. The highest BCUT2D eigenvalue weighted by molar-refractivity contribution is 7.86. The zero-order valence-electron chi connectivity index (χ0n) is 14.0. The Morgan fingerprint density at radius 2 is 1.64 bits per heavy atom. The van der Waals surface area contributed by atoms with E-state index in [1.165, 1.54) is 19.3 Å². The summed E-state index contributed by atoms with van der Waals surface area (Å²) < 4.78 is 62.2. The van der Waals surface area contributed by atoms with Crippen LogP contribution in [-0.4, -0.2) is 36.5 Å². The van der Waals surface area contributed by atoms with Gasteiger partial charge in [0.05, 0.1) is 6.61 Å². The first-order valence-corrected chi connectivity index (χ1v) is 10.3. The number of carbonyl (C=O) groups excluding carboxylic acids is 1. The maximum atomic E-state index is 13.0. The molecule has 4 aliphatic rings. The molecule has 0 unspecified atom stereocenters. The second kappa shape index (κ2) is 6.64. The fraction of sp³-hybridized carbons (Fsp3) is 0.938. The molecule has 0 atom stereocenters. The molecule has 6 nitrogen and oxygen atoms in total. The third-order valence-electron chi connectivity index (χ3n) is 5.87. The molecule has 0 aromatic carbocycles. The maximum absolute atomic E-state index is 13.0. The number of unbranched alkanes of at least 4 members (excludes halogenated alkanes) is 1. The number of hydrogen-bond donors (Lipinski definition) is 1. The van der Waals surface area contributed by atoms with E-state index in [1.807, 2.05) is 0 Å². The first kappa shape index (κ1) is 18.8. The van der Waals surface area contributed by atoms with Gasteiger partial charge in [-0.15, -0.1) is 0 Å². The molecule has 4 rings (SSSR count). The number of nitrogens with one attached hydrogen (secondary N) is 1. The zero-order valence-corrected chi connectivity index (χ0v) is 14.8. The fourth-order valence-corrected chi connectivity index (χ4v) is 5.63. The summed E-state index contributed by atoms with van der Waals surface area (Å²) in [5.41, 5.74) is -0.171. The number of amides is 1. The molecule has 1 amide bonds. The van der Waals surface area contributed by atoms with E-state index in [2.05, 4.69) is 5.32 Å². The molecule has 0 aromatic rings. The monoisotopic (exact) mass is 380 g/mol. The summed E-state index contributed by atoms with van der Waals surface area (Å²) in [6.45, 7) is -0.0762. The van der Waals surface area contributed by atoms with E-state index in [0.717, 1.165) is 19.3 Å². The van der Waals surface area contributed by atoms with Gasteiger partial charge in [-0.05, 0) is 69.1 Å². The van der Waals surface area contributed by atoms with Crippen LogP contribution in [-0.2, 0) is 14.9 Å². The molecule has 1 N–H and O–H groups in total. The van der Waals surface area contributed by atoms with Crippen LogP contribution in [0.3, 0.4) is 0 Å². The molecule has 0 aromatic heterocycles. The van der Waals surface area contributed by atoms with Crippen molar-refractivity contribution >= 4 is 16.2 Å². The Bertz CT molecular complexity index is 587. The van der Waals surface area contributed by atoms with Gasteiger partial charge in [0.15, 0.2) is 10.1 Å². The normalized spacial score (nSPS) is 34.1. The Morgan fingerprint density at radius 1 is 1.12 bits per heavy atom. The van der Waals surface area contributed by atoms with Crippen molar-refractivity contribution in [3.8, 4) is 0 Å². The molecule has 4 saturated carbocycles. The van der Waals surface area contributed by atoms with Crippen molar-refractivity contribution in [2.75, 3.05) is 6.61 Å². The van der Waals surface area contributed by atoms with Gasteiger partial charge in [0.2, 0.25) is 0 Å². The highest BCUT2D eigenvalue weighted by Gasteiger charge is 2.51. The van der Waals surface area contributed by atoms with Crippen LogP contribution in [0.4, 0.5) is 13.6 Å². The minimum atomic E-state index is -5.64. The minimum absolute atomic E-state index is 0.0762. The predicted molar refractivity (Wildman–Crippen MR) is 83.9 cm³/mol. The molecule has 4 aliphatic carbocycles. The van der Waals surface area contributed by atoms with Crippen LogP contribution in [0.2, 0.25) is 0 Å². The van der Waals surface area contributed by atoms with E-state index in [9.17, 15) is 26.5 Å². The van der Waals surface area contributed by atoms with Gasteiger partial charge >= 0.3 is 11.3 Å². The van der Waals surface area contributed by atoms with Gasteiger partial charge in [-0.3, -0.25) is 0 Å². The molecule has 9 heteroatoms. The summed E-state index contributed by atoms with van der Waals surface area (Å²) in [5.74, 6) is 2.05. The number of alkyl halides is 2. The first-order chi connectivity index (χ1) is 11.6. The van der Waals surface area contributed by atoms with Gasteiger partial charge in [-0.2, -0.15) is 8.78 Å². The zero-order chi connectivity index (χ0) is 18.3. The largest absolute Gasteiger partial charge is 0.743 e. The van der Waals surface area contributed by atoms with Crippen LogP contribution in [0.25, 0.3) is 0 Å². The molecule has 4 bridgehead atoms. The molecule has 0 aliphatic heterocycles. The van der Waals surface area contributed by atoms with Gasteiger partial charge in [-0.1, -0.05) is 0 Å². The summed E-state index contributed by atoms with van der Waals surface area (Å²) in [6.07, 6.45) is 5.01. The van der Waals surface area contributed by atoms with Gasteiger partial charge in [-0.25, -0.2) is 13.2 Å². The quantitative estimate of drug-likeness (QED) is 0.541. The van der Waals surface area contributed by atoms with E-state index >= 15 is 0 Å². The van der Waals surface area contributed by atoms with Crippen LogP contribution in [0.1, 0.15) is 57.8 Å². The summed E-state index contributed by atoms with van der Waals surface area (Å²) in [6, 6.07) is 0. The maximum Gasteiger partial charge on any atom is 0.407 e. The standard InChI is InChI=1S/C16H25F2NO5S/c17-16(18,25(21,22)23)3-1-2-4-24-14(20)19-15-8-11-5-12(9-15)7-13(6-11)10-15/h11-13H,1-10H2,(H,19,20)(H,21,22,23)/p-1. The van der Waals surface area contributed by atoms with Crippen LogP contribution in [0.15, 0.2) is 0 Å². The molecule has 0 spiro atoms. The first-order valence-electron chi connectivity index (χ1n) is 8.87. The highest BCUT2D eigenvalue weighted by Crippen LogP contribution is 2.55. The van der Waals surface area contributed by atoms with Crippen molar-refractivity contribution in [1.82, 2.24) is 5.32 Å². The van der Waals surface area contributed by atoms with Crippen molar-refractivity contribution in [2.45, 2.75) is 68.6 Å². The number of hydrogen-bond acceptors (Lipinski definition) is 5. The lowest BCUT2D eigenvalue weighted by Gasteiger charge is -2.56. The number of carbonyl (C=O) groups is 1. The van der Waals surface area contributed by atoms with Crippen molar-refractivity contribution in [3.05, 3.63) is 0 Å². The molecular weight excluding hydrogens is 356 g/mol. The van der Waals surface area contributed by atoms with Gasteiger partial charge in [0.25, 0.3) is 0 Å². The Hall–Kier alpha value is -0.960. The van der Waals surface area contributed by atoms with Crippen LogP contribution in [0, 0.1) is 17.8 Å². The smallest absolute Gasteiger partial charge is 0.407 e. The number of rotatable bonds is 7. The molecule has 0 saturated heterocycles. The summed E-state index contributed by atoms with van der Waals surface area (Å²) >= 11 is 0. The Balaban J connectivity index is 1.38. The molecule has 0 heterocycles. The molecule has 25 heavy (non-hydrogen) atoms. The summed E-state index contributed by atoms with van der Waals surface area (Å²) in [4.78, 5) is 12.0. The topological polar surface area (TPSA) is 95.5 Å². The van der Waals surface area contributed by atoms with Gasteiger partial charge in [0.1, 0.15) is 0 Å². The molecule has 0 radical (unpaired) electrons. The second-order valence-corrected chi connectivity index (χ2v) is 9.51. The van der Waals surface area contributed by atoms with Crippen molar-refractivity contribution < 1.29 is 31.3 Å². The third kappa shape index (κ3) is 4.24. The molecule has 144 valence electrons. The molecule has 4 fully saturated rings. The number of halogens is 2. The van der Waals surface area contributed by atoms with Gasteiger partial charge < -0.3 is 14.6 Å². The second-order valence-electron chi connectivity index (χ2n) is 8.01. The Labute approximate surface area is 146 Å². The minimum Gasteiger partial charge on any atom is -0.743 e. The Kier molecular flexibility index (Phi) is 5.00. The van der Waals surface area contributed by atoms with Crippen LogP contribution >= 0.6 is 0 Å². The number of ether oxygens (including phenoxy) is 1. The average molecular weight is 380 g/mol. The highest BCUT2D eigenvalue weighted by atomic mass is 32.2. The van der Waals surface area contributed by atoms with Gasteiger partial charge in [0, 0.05) is 12.0 Å². The van der Waals surface area contributed by atoms with Crippen LogP contribution < -0.4 is 5.32 Å². The average Bonchev–Trinajstić information content (AvgIpc) is 2.43. The van der Waals surface area contributed by atoms with Crippen molar-refractivity contribution in [1.29, 1.82) is 0 Å². The lowest BCUT2D eigenvalue weighted by molar-refractivity contribution is -0.0192. The predicted octanol–water partition coefficient (Wildman–Crippen LogP) is 2.99. The third-order valence-corrected chi connectivity index (χ3v) is 6.80. The van der Waals surface area contributed by atoms with Crippen LogP contribution in [0.5, 0.6) is 0 Å². The lowest BCUT2D eigenvalue weighted by Crippen LogP contribution is -2.59. The number of alkyl carbamates (subject to hydrolysis) is 1.